The number of hydrogen-bond donors (Lipinski definition) is 0. The highest BCUT2D eigenvalue weighted by atomic mass is 19.1. The van der Waals surface area contributed by atoms with E-state index in [0.29, 0.717) is 12.6 Å². The summed E-state index contributed by atoms with van der Waals surface area (Å²) in [6.07, 6.45) is 1.77. The Morgan fingerprint density at radius 3 is 2.72 bits per heavy atom. The maximum atomic E-state index is 13.4. The number of rotatable bonds is 4. The van der Waals surface area contributed by atoms with E-state index in [1.165, 1.54) is 6.07 Å². The maximum Gasteiger partial charge on any atom is 0.165 e. The second-order valence-corrected chi connectivity index (χ2v) is 4.48. The van der Waals surface area contributed by atoms with E-state index in [-0.39, 0.29) is 11.6 Å². The zero-order chi connectivity index (χ0) is 13.1. The maximum absolute atomic E-state index is 13.4. The molecule has 1 aromatic heterocycles. The van der Waals surface area contributed by atoms with Gasteiger partial charge in [-0.3, -0.25) is 0 Å². The first-order valence-electron chi connectivity index (χ1n) is 5.99. The van der Waals surface area contributed by atoms with Crippen molar-refractivity contribution in [1.29, 1.82) is 0 Å². The Bertz CT molecular complexity index is 534. The van der Waals surface area contributed by atoms with Gasteiger partial charge in [-0.05, 0) is 32.9 Å². The van der Waals surface area contributed by atoms with Gasteiger partial charge in [0.15, 0.2) is 11.6 Å². The minimum Gasteiger partial charge on any atom is -0.484 e. The van der Waals surface area contributed by atoms with Crippen LogP contribution in [0.3, 0.4) is 0 Å². The highest BCUT2D eigenvalue weighted by molar-refractivity contribution is 5.24. The van der Waals surface area contributed by atoms with Gasteiger partial charge in [-0.2, -0.15) is 0 Å². The average Bonchev–Trinajstić information content (AvgIpc) is 2.69. The fraction of sp³-hybridized carbons (Fsp3) is 0.357. The van der Waals surface area contributed by atoms with Crippen LogP contribution in [0.1, 0.15) is 31.4 Å². The summed E-state index contributed by atoms with van der Waals surface area (Å²) in [6.45, 7) is 6.44. The summed E-state index contributed by atoms with van der Waals surface area (Å²) >= 11 is 0. The number of ether oxygens (including phenoxy) is 1. The summed E-state index contributed by atoms with van der Waals surface area (Å²) < 4.78 is 21.0. The Balaban J connectivity index is 2.14. The minimum absolute atomic E-state index is 0.270. The molecule has 18 heavy (non-hydrogen) atoms. The van der Waals surface area contributed by atoms with Crippen molar-refractivity contribution in [1.82, 2.24) is 9.55 Å². The van der Waals surface area contributed by atoms with Gasteiger partial charge in [0.2, 0.25) is 0 Å². The van der Waals surface area contributed by atoms with E-state index in [0.717, 1.165) is 11.5 Å². The molecule has 0 radical (unpaired) electrons. The minimum atomic E-state index is -0.343. The first-order valence-corrected chi connectivity index (χ1v) is 5.99. The average molecular weight is 248 g/mol. The molecule has 0 N–H and O–H groups in total. The van der Waals surface area contributed by atoms with Crippen molar-refractivity contribution in [2.45, 2.75) is 33.4 Å². The Morgan fingerprint density at radius 1 is 1.33 bits per heavy atom. The largest absolute Gasteiger partial charge is 0.484 e. The molecule has 3 nitrogen and oxygen atoms in total. The summed E-state index contributed by atoms with van der Waals surface area (Å²) in [5.41, 5.74) is 0.950. The Hall–Kier alpha value is -1.84. The first kappa shape index (κ1) is 12.6. The third-order valence-corrected chi connectivity index (χ3v) is 2.79. The summed E-state index contributed by atoms with van der Waals surface area (Å²) in [6, 6.07) is 6.72. The molecule has 0 unspecified atom stereocenters. The zero-order valence-electron chi connectivity index (χ0n) is 10.9. The van der Waals surface area contributed by atoms with Crippen LogP contribution in [0.2, 0.25) is 0 Å². The number of aromatic nitrogens is 2. The summed E-state index contributed by atoms with van der Waals surface area (Å²) in [5.74, 6) is 0.869. The van der Waals surface area contributed by atoms with Crippen LogP contribution in [0, 0.1) is 12.7 Å². The van der Waals surface area contributed by atoms with Crippen molar-refractivity contribution in [3.05, 3.63) is 47.8 Å². The molecule has 1 heterocycles. The number of imidazole rings is 1. The first-order chi connectivity index (χ1) is 8.59. The molecule has 0 fully saturated rings. The lowest BCUT2D eigenvalue weighted by Crippen LogP contribution is -2.10. The fourth-order valence-corrected chi connectivity index (χ4v) is 2.03. The van der Waals surface area contributed by atoms with E-state index < -0.39 is 0 Å². The molecular formula is C14H17FN2O. The van der Waals surface area contributed by atoms with E-state index in [9.17, 15) is 4.39 Å². The Kier molecular flexibility index (Phi) is 3.65. The second kappa shape index (κ2) is 5.21. The van der Waals surface area contributed by atoms with Gasteiger partial charge < -0.3 is 9.30 Å². The van der Waals surface area contributed by atoms with Gasteiger partial charge in [0, 0.05) is 6.04 Å². The third-order valence-electron chi connectivity index (χ3n) is 2.79. The number of halogens is 1. The SMILES string of the molecule is Cc1ncc(COc2ccccc2F)n1C(C)C. The molecule has 0 saturated heterocycles. The van der Waals surface area contributed by atoms with Crippen LogP contribution in [0.25, 0.3) is 0 Å². The van der Waals surface area contributed by atoms with Crippen LogP contribution >= 0.6 is 0 Å². The van der Waals surface area contributed by atoms with E-state index in [1.807, 2.05) is 6.92 Å². The van der Waals surface area contributed by atoms with Crippen LogP contribution < -0.4 is 4.74 Å². The molecule has 2 rings (SSSR count). The van der Waals surface area contributed by atoms with Crippen LogP contribution in [0.4, 0.5) is 4.39 Å². The normalized spacial score (nSPS) is 10.9. The third kappa shape index (κ3) is 2.53. The van der Waals surface area contributed by atoms with E-state index in [1.54, 1.807) is 24.4 Å². The number of hydrogen-bond acceptors (Lipinski definition) is 2. The predicted molar refractivity (Wildman–Crippen MR) is 68.1 cm³/mol. The van der Waals surface area contributed by atoms with Crippen molar-refractivity contribution >= 4 is 0 Å². The van der Waals surface area contributed by atoms with Gasteiger partial charge in [-0.15, -0.1) is 0 Å². The zero-order valence-corrected chi connectivity index (χ0v) is 10.9. The second-order valence-electron chi connectivity index (χ2n) is 4.48. The van der Waals surface area contributed by atoms with E-state index >= 15 is 0 Å². The highest BCUT2D eigenvalue weighted by Gasteiger charge is 2.11. The topological polar surface area (TPSA) is 27.1 Å². The molecular weight excluding hydrogens is 231 g/mol. The number of para-hydroxylation sites is 1. The van der Waals surface area contributed by atoms with Gasteiger partial charge in [0.25, 0.3) is 0 Å². The van der Waals surface area contributed by atoms with Gasteiger partial charge in [-0.25, -0.2) is 9.37 Å². The van der Waals surface area contributed by atoms with Crippen LogP contribution in [-0.2, 0) is 6.61 Å². The Morgan fingerprint density at radius 2 is 2.06 bits per heavy atom. The van der Waals surface area contributed by atoms with Crippen LogP contribution in [-0.4, -0.2) is 9.55 Å². The molecule has 0 aliphatic heterocycles. The predicted octanol–water partition coefficient (Wildman–Crippen LogP) is 3.49. The quantitative estimate of drug-likeness (QED) is 0.828. The fourth-order valence-electron chi connectivity index (χ4n) is 2.03. The van der Waals surface area contributed by atoms with Crippen molar-refractivity contribution < 1.29 is 9.13 Å². The van der Waals surface area contributed by atoms with E-state index in [2.05, 4.69) is 23.4 Å². The molecule has 96 valence electrons. The molecule has 0 atom stereocenters. The number of nitrogens with zero attached hydrogens (tertiary/aromatic N) is 2. The highest BCUT2D eigenvalue weighted by Crippen LogP contribution is 2.19. The molecule has 1 aromatic carbocycles. The molecule has 0 aliphatic carbocycles. The van der Waals surface area contributed by atoms with Crippen molar-refractivity contribution in [3.8, 4) is 5.75 Å². The molecule has 0 bridgehead atoms. The van der Waals surface area contributed by atoms with Crippen LogP contribution in [0.15, 0.2) is 30.5 Å². The lowest BCUT2D eigenvalue weighted by Gasteiger charge is -2.14. The van der Waals surface area contributed by atoms with Crippen LogP contribution in [0.5, 0.6) is 5.75 Å². The van der Waals surface area contributed by atoms with E-state index in [4.69, 9.17) is 4.74 Å². The number of benzene rings is 1. The lowest BCUT2D eigenvalue weighted by atomic mass is 10.3. The molecule has 0 amide bonds. The summed E-state index contributed by atoms with van der Waals surface area (Å²) in [7, 11) is 0. The van der Waals surface area contributed by atoms with Crippen molar-refractivity contribution in [2.24, 2.45) is 0 Å². The lowest BCUT2D eigenvalue weighted by molar-refractivity contribution is 0.277. The molecule has 4 heteroatoms. The van der Waals surface area contributed by atoms with Crippen molar-refractivity contribution in [2.75, 3.05) is 0 Å². The van der Waals surface area contributed by atoms with Gasteiger partial charge >= 0.3 is 0 Å². The Labute approximate surface area is 106 Å². The summed E-state index contributed by atoms with van der Waals surface area (Å²) in [5, 5.41) is 0. The number of aryl methyl sites for hydroxylation is 1. The molecule has 0 saturated carbocycles. The standard InChI is InChI=1S/C14H17FN2O/c1-10(2)17-11(3)16-8-12(17)9-18-14-7-5-4-6-13(14)15/h4-8,10H,9H2,1-3H3. The van der Waals surface area contributed by atoms with Crippen molar-refractivity contribution in [3.63, 3.8) is 0 Å². The summed E-state index contributed by atoms with van der Waals surface area (Å²) in [4.78, 5) is 4.26. The van der Waals surface area contributed by atoms with Gasteiger partial charge in [0.05, 0.1) is 11.9 Å². The van der Waals surface area contributed by atoms with Gasteiger partial charge in [-0.1, -0.05) is 12.1 Å². The molecule has 0 spiro atoms. The monoisotopic (exact) mass is 248 g/mol. The van der Waals surface area contributed by atoms with Gasteiger partial charge in [0.1, 0.15) is 12.4 Å². The smallest absolute Gasteiger partial charge is 0.165 e. The molecule has 2 aromatic rings. The molecule has 0 aliphatic rings.